The van der Waals surface area contributed by atoms with Gasteiger partial charge in [0.25, 0.3) is 0 Å². The normalized spacial score (nSPS) is 25.6. The van der Waals surface area contributed by atoms with E-state index >= 15 is 0 Å². The maximum absolute atomic E-state index is 11.8. The maximum atomic E-state index is 11.8. The zero-order valence-corrected chi connectivity index (χ0v) is 10.9. The molecule has 0 radical (unpaired) electrons. The number of allylic oxidation sites excluding steroid dienone is 2. The van der Waals surface area contributed by atoms with Gasteiger partial charge in [-0.15, -0.1) is 0 Å². The first kappa shape index (κ1) is 11.3. The SMILES string of the molecule is CC(=O)C1=C(C)OC2CC1c1ccccc1N2C. The highest BCUT2D eigenvalue weighted by Gasteiger charge is 2.39. The Kier molecular flexibility index (Phi) is 2.44. The molecule has 3 nitrogen and oxygen atoms in total. The molecule has 0 amide bonds. The quantitative estimate of drug-likeness (QED) is 0.759. The molecule has 94 valence electrons. The van der Waals surface area contributed by atoms with Crippen molar-refractivity contribution in [1.29, 1.82) is 0 Å². The van der Waals surface area contributed by atoms with E-state index < -0.39 is 0 Å². The van der Waals surface area contributed by atoms with E-state index in [2.05, 4.69) is 17.0 Å². The van der Waals surface area contributed by atoms with Crippen LogP contribution < -0.4 is 4.90 Å². The summed E-state index contributed by atoms with van der Waals surface area (Å²) in [5.41, 5.74) is 3.25. The number of hydrogen-bond donors (Lipinski definition) is 0. The van der Waals surface area contributed by atoms with E-state index in [9.17, 15) is 4.79 Å². The summed E-state index contributed by atoms with van der Waals surface area (Å²) >= 11 is 0. The molecule has 3 heteroatoms. The molecule has 1 aromatic rings. The standard InChI is InChI=1S/C15H17NO2/c1-9(17)15-10(2)18-14-8-12(15)11-6-4-5-7-13(11)16(14)3/h4-7,12,14H,8H2,1-3H3. The number of ether oxygens (including phenoxy) is 1. The van der Waals surface area contributed by atoms with Crippen molar-refractivity contribution in [2.24, 2.45) is 0 Å². The molecule has 0 saturated carbocycles. The lowest BCUT2D eigenvalue weighted by Crippen LogP contribution is -2.43. The van der Waals surface area contributed by atoms with Gasteiger partial charge >= 0.3 is 0 Å². The van der Waals surface area contributed by atoms with Crippen LogP contribution in [0.15, 0.2) is 35.6 Å². The Morgan fingerprint density at radius 1 is 1.39 bits per heavy atom. The number of carbonyl (C=O) groups excluding carboxylic acids is 1. The Morgan fingerprint density at radius 3 is 2.83 bits per heavy atom. The Morgan fingerprint density at radius 2 is 2.11 bits per heavy atom. The van der Waals surface area contributed by atoms with E-state index in [1.807, 2.05) is 26.1 Å². The largest absolute Gasteiger partial charge is 0.475 e. The molecule has 2 aliphatic rings. The lowest BCUT2D eigenvalue weighted by molar-refractivity contribution is -0.114. The van der Waals surface area contributed by atoms with E-state index in [4.69, 9.17) is 4.74 Å². The summed E-state index contributed by atoms with van der Waals surface area (Å²) in [5.74, 6) is 1.09. The molecule has 2 heterocycles. The molecule has 18 heavy (non-hydrogen) atoms. The third-order valence-electron chi connectivity index (χ3n) is 3.98. The molecule has 0 fully saturated rings. The van der Waals surface area contributed by atoms with Gasteiger partial charge in [-0.1, -0.05) is 18.2 Å². The van der Waals surface area contributed by atoms with Gasteiger partial charge < -0.3 is 9.64 Å². The molecular weight excluding hydrogens is 226 g/mol. The Bertz CT molecular complexity index is 547. The second-order valence-electron chi connectivity index (χ2n) is 5.06. The summed E-state index contributed by atoms with van der Waals surface area (Å²) < 4.78 is 5.88. The number of fused-ring (bicyclic) bond motifs is 4. The monoisotopic (exact) mass is 243 g/mol. The number of ketones is 1. The molecule has 1 aromatic carbocycles. The van der Waals surface area contributed by atoms with Crippen LogP contribution in [-0.2, 0) is 9.53 Å². The summed E-state index contributed by atoms with van der Waals surface area (Å²) in [4.78, 5) is 14.0. The summed E-state index contributed by atoms with van der Waals surface area (Å²) in [6.07, 6.45) is 0.910. The van der Waals surface area contributed by atoms with Crippen molar-refractivity contribution >= 4 is 11.5 Å². The Balaban J connectivity index is 2.19. The first-order valence-electron chi connectivity index (χ1n) is 6.29. The molecule has 0 spiro atoms. The van der Waals surface area contributed by atoms with Crippen LogP contribution in [0.1, 0.15) is 31.7 Å². The predicted molar refractivity (Wildman–Crippen MR) is 70.5 cm³/mol. The second-order valence-corrected chi connectivity index (χ2v) is 5.06. The van der Waals surface area contributed by atoms with Crippen molar-refractivity contribution in [1.82, 2.24) is 0 Å². The Labute approximate surface area is 107 Å². The number of benzene rings is 1. The lowest BCUT2D eigenvalue weighted by atomic mass is 9.80. The van der Waals surface area contributed by atoms with Gasteiger partial charge in [0.1, 0.15) is 5.76 Å². The van der Waals surface area contributed by atoms with Crippen molar-refractivity contribution in [2.45, 2.75) is 32.4 Å². The number of rotatable bonds is 1. The average Bonchev–Trinajstić information content (AvgIpc) is 2.35. The first-order chi connectivity index (χ1) is 8.59. The van der Waals surface area contributed by atoms with Crippen LogP contribution in [0.3, 0.4) is 0 Å². The highest BCUT2D eigenvalue weighted by molar-refractivity contribution is 5.96. The third-order valence-corrected chi connectivity index (χ3v) is 3.98. The minimum Gasteiger partial charge on any atom is -0.475 e. The minimum atomic E-state index is 0.0491. The fourth-order valence-corrected chi connectivity index (χ4v) is 3.15. The molecule has 0 N–H and O–H groups in total. The average molecular weight is 243 g/mol. The molecule has 2 unspecified atom stereocenters. The number of carbonyl (C=O) groups is 1. The maximum Gasteiger partial charge on any atom is 0.172 e. The smallest absolute Gasteiger partial charge is 0.172 e. The van der Waals surface area contributed by atoms with Gasteiger partial charge in [0, 0.05) is 30.6 Å². The molecule has 0 saturated heterocycles. The summed E-state index contributed by atoms with van der Waals surface area (Å²) in [7, 11) is 2.05. The summed E-state index contributed by atoms with van der Waals surface area (Å²) in [5, 5.41) is 0. The number of Topliss-reactive ketones (excluding diaryl/α,β-unsaturated/α-hetero) is 1. The zero-order chi connectivity index (χ0) is 12.9. The highest BCUT2D eigenvalue weighted by Crippen LogP contribution is 2.46. The zero-order valence-electron chi connectivity index (χ0n) is 10.9. The van der Waals surface area contributed by atoms with Gasteiger partial charge in [-0.05, 0) is 25.5 Å². The first-order valence-corrected chi connectivity index (χ1v) is 6.29. The molecule has 3 rings (SSSR count). The minimum absolute atomic E-state index is 0.0491. The number of anilines is 1. The summed E-state index contributed by atoms with van der Waals surface area (Å²) in [6.45, 7) is 3.53. The Hall–Kier alpha value is -1.77. The van der Waals surface area contributed by atoms with Crippen molar-refractivity contribution in [3.63, 3.8) is 0 Å². The van der Waals surface area contributed by atoms with Crippen LogP contribution in [0.25, 0.3) is 0 Å². The van der Waals surface area contributed by atoms with Crippen LogP contribution in [0.2, 0.25) is 0 Å². The van der Waals surface area contributed by atoms with Crippen LogP contribution >= 0.6 is 0 Å². The van der Waals surface area contributed by atoms with Gasteiger partial charge in [0.15, 0.2) is 12.0 Å². The van der Waals surface area contributed by atoms with Gasteiger partial charge in [-0.2, -0.15) is 0 Å². The fraction of sp³-hybridized carbons (Fsp3) is 0.400. The van der Waals surface area contributed by atoms with Crippen LogP contribution in [0.5, 0.6) is 0 Å². The topological polar surface area (TPSA) is 29.5 Å². The van der Waals surface area contributed by atoms with Crippen molar-refractivity contribution in [3.8, 4) is 0 Å². The van der Waals surface area contributed by atoms with Crippen LogP contribution in [0.4, 0.5) is 5.69 Å². The van der Waals surface area contributed by atoms with E-state index in [0.29, 0.717) is 0 Å². The lowest BCUT2D eigenvalue weighted by Gasteiger charge is -2.44. The number of nitrogens with zero attached hydrogens (tertiary/aromatic N) is 1. The fourth-order valence-electron chi connectivity index (χ4n) is 3.15. The van der Waals surface area contributed by atoms with Gasteiger partial charge in [0.2, 0.25) is 0 Å². The molecule has 0 aromatic heterocycles. The molecule has 2 atom stereocenters. The highest BCUT2D eigenvalue weighted by atomic mass is 16.5. The van der Waals surface area contributed by atoms with Crippen molar-refractivity contribution in [2.75, 3.05) is 11.9 Å². The van der Waals surface area contributed by atoms with Gasteiger partial charge in [-0.25, -0.2) is 0 Å². The number of hydrogen-bond acceptors (Lipinski definition) is 3. The predicted octanol–water partition coefficient (Wildman–Crippen LogP) is 2.83. The molecular formula is C15H17NO2. The molecule has 2 aliphatic heterocycles. The summed E-state index contributed by atoms with van der Waals surface area (Å²) in [6, 6.07) is 8.28. The molecule has 0 aliphatic carbocycles. The van der Waals surface area contributed by atoms with Crippen molar-refractivity contribution in [3.05, 3.63) is 41.2 Å². The van der Waals surface area contributed by atoms with Gasteiger partial charge in [0.05, 0.1) is 0 Å². The van der Waals surface area contributed by atoms with E-state index in [-0.39, 0.29) is 17.9 Å². The number of para-hydroxylation sites is 1. The molecule has 2 bridgehead atoms. The van der Waals surface area contributed by atoms with E-state index in [1.165, 1.54) is 11.3 Å². The third kappa shape index (κ3) is 1.47. The van der Waals surface area contributed by atoms with E-state index in [0.717, 1.165) is 17.8 Å². The van der Waals surface area contributed by atoms with Crippen LogP contribution in [0, 0.1) is 0 Å². The van der Waals surface area contributed by atoms with Crippen molar-refractivity contribution < 1.29 is 9.53 Å². The van der Waals surface area contributed by atoms with E-state index in [1.54, 1.807) is 6.92 Å². The second kappa shape index (κ2) is 3.87. The van der Waals surface area contributed by atoms with Crippen LogP contribution in [-0.4, -0.2) is 19.1 Å². The van der Waals surface area contributed by atoms with Gasteiger partial charge in [-0.3, -0.25) is 4.79 Å².